The van der Waals surface area contributed by atoms with Gasteiger partial charge in [-0.1, -0.05) is 6.08 Å². The third kappa shape index (κ3) is 2.82. The topological polar surface area (TPSA) is 24.7 Å². The molecular weight excluding hydrogens is 144 g/mol. The van der Waals surface area contributed by atoms with Crippen LogP contribution >= 0.6 is 11.8 Å². The van der Waals surface area contributed by atoms with E-state index >= 15 is 0 Å². The molecule has 54 valence electrons. The van der Waals surface area contributed by atoms with Gasteiger partial charge in [0.05, 0.1) is 5.55 Å². The molecule has 0 atom stereocenters. The molecule has 0 amide bonds. The minimum Gasteiger partial charge on any atom is -0.270 e. The number of hydrogen-bond donors (Lipinski definition) is 0. The average Bonchev–Trinajstić information content (AvgIpc) is 2.02. The van der Waals surface area contributed by atoms with Crippen molar-refractivity contribution >= 4 is 23.5 Å². The first-order valence-corrected chi connectivity index (χ1v) is 4.21. The Bertz CT molecular complexity index is 182. The number of nitrogens with zero attached hydrogens (tertiary/aromatic N) is 2. The lowest BCUT2D eigenvalue weighted by molar-refractivity contribution is 1.09. The molecule has 0 spiro atoms. The fourth-order valence-electron chi connectivity index (χ4n) is 0.593. The van der Waals surface area contributed by atoms with Gasteiger partial charge in [-0.15, -0.1) is 11.8 Å². The van der Waals surface area contributed by atoms with Crippen LogP contribution in [0.1, 0.15) is 6.92 Å². The minimum atomic E-state index is 0.568. The van der Waals surface area contributed by atoms with Crippen molar-refractivity contribution in [1.29, 1.82) is 0 Å². The Hall–Kier alpha value is -0.570. The second-order valence-corrected chi connectivity index (χ2v) is 2.90. The molecule has 1 heterocycles. The number of hydrogen-bond acceptors (Lipinski definition) is 3. The summed E-state index contributed by atoms with van der Waals surface area (Å²) in [7, 11) is 0. The maximum absolute atomic E-state index is 4.07. The van der Waals surface area contributed by atoms with Crippen molar-refractivity contribution in [3.63, 3.8) is 0 Å². The third-order valence-electron chi connectivity index (χ3n) is 1.11. The normalized spacial score (nSPS) is 30.7. The molecule has 1 rings (SSSR count). The minimum absolute atomic E-state index is 0.568. The third-order valence-corrected chi connectivity index (χ3v) is 1.77. The predicted molar refractivity (Wildman–Crippen MR) is 48.1 cm³/mol. The van der Waals surface area contributed by atoms with E-state index in [2.05, 4.69) is 23.0 Å². The van der Waals surface area contributed by atoms with Gasteiger partial charge in [0.25, 0.3) is 0 Å². The van der Waals surface area contributed by atoms with Gasteiger partial charge >= 0.3 is 0 Å². The number of allylic oxidation sites excluding steroid dienone is 1. The molecule has 0 bridgehead atoms. The zero-order valence-corrected chi connectivity index (χ0v) is 6.77. The molecular formula is C7H10N2S. The second kappa shape index (κ2) is 4.28. The summed E-state index contributed by atoms with van der Waals surface area (Å²) in [5.74, 6) is 1.00. The fourth-order valence-corrected chi connectivity index (χ4v) is 1.21. The molecule has 0 fully saturated rings. The first kappa shape index (κ1) is 7.54. The van der Waals surface area contributed by atoms with Crippen LogP contribution < -0.4 is 0 Å². The number of thioether (sulfide) groups is 1. The van der Waals surface area contributed by atoms with Crippen LogP contribution in [0, 0.1) is 0 Å². The average molecular weight is 154 g/mol. The summed E-state index contributed by atoms with van der Waals surface area (Å²) in [6, 6.07) is 0. The summed E-state index contributed by atoms with van der Waals surface area (Å²) in [5, 5.41) is 0. The molecule has 1 aliphatic rings. The Balaban J connectivity index is 2.56. The standard InChI is InChI=1S/C7H10N2S/c1-7-2-3-10-6-9-5-8-4-7/h2,4,6H,3,5H2,1H3/b7-2-,8-4-,9-6-. The van der Waals surface area contributed by atoms with Crippen LogP contribution in [0.2, 0.25) is 0 Å². The Morgan fingerprint density at radius 3 is 3.30 bits per heavy atom. The summed E-state index contributed by atoms with van der Waals surface area (Å²) < 4.78 is 0. The van der Waals surface area contributed by atoms with E-state index in [1.54, 1.807) is 11.8 Å². The predicted octanol–water partition coefficient (Wildman–Crippen LogP) is 1.74. The van der Waals surface area contributed by atoms with Crippen LogP contribution in [-0.2, 0) is 0 Å². The quantitative estimate of drug-likeness (QED) is 0.521. The molecule has 0 aromatic carbocycles. The van der Waals surface area contributed by atoms with Gasteiger partial charge in [-0.25, -0.2) is 0 Å². The molecule has 0 aromatic rings. The lowest BCUT2D eigenvalue weighted by Gasteiger charge is -1.86. The van der Waals surface area contributed by atoms with Crippen LogP contribution in [0.15, 0.2) is 21.6 Å². The molecule has 3 heteroatoms. The van der Waals surface area contributed by atoms with Gasteiger partial charge in [0.15, 0.2) is 0 Å². The summed E-state index contributed by atoms with van der Waals surface area (Å²) in [4.78, 5) is 8.10. The zero-order chi connectivity index (χ0) is 7.23. The van der Waals surface area contributed by atoms with Crippen molar-refractivity contribution in [2.24, 2.45) is 9.98 Å². The number of rotatable bonds is 0. The van der Waals surface area contributed by atoms with Crippen LogP contribution in [0.4, 0.5) is 0 Å². The van der Waals surface area contributed by atoms with Crippen LogP contribution in [0.5, 0.6) is 0 Å². The van der Waals surface area contributed by atoms with E-state index in [4.69, 9.17) is 0 Å². The smallest absolute Gasteiger partial charge is 0.129 e. The van der Waals surface area contributed by atoms with E-state index in [-0.39, 0.29) is 0 Å². The van der Waals surface area contributed by atoms with Gasteiger partial charge in [-0.3, -0.25) is 9.98 Å². The lowest BCUT2D eigenvalue weighted by atomic mass is 10.3. The second-order valence-electron chi connectivity index (χ2n) is 2.02. The van der Waals surface area contributed by atoms with E-state index in [1.807, 2.05) is 11.8 Å². The molecule has 0 unspecified atom stereocenters. The van der Waals surface area contributed by atoms with Crippen molar-refractivity contribution in [1.82, 2.24) is 0 Å². The Labute approximate surface area is 65.1 Å². The van der Waals surface area contributed by atoms with Gasteiger partial charge in [-0.05, 0) is 12.5 Å². The van der Waals surface area contributed by atoms with E-state index in [9.17, 15) is 0 Å². The summed E-state index contributed by atoms with van der Waals surface area (Å²) in [6.45, 7) is 2.62. The zero-order valence-electron chi connectivity index (χ0n) is 5.95. The van der Waals surface area contributed by atoms with Gasteiger partial charge in [0, 0.05) is 12.0 Å². The number of aliphatic imine (C=N–C) groups is 2. The Kier molecular flexibility index (Phi) is 3.22. The Morgan fingerprint density at radius 1 is 1.50 bits per heavy atom. The van der Waals surface area contributed by atoms with E-state index in [0.29, 0.717) is 6.67 Å². The van der Waals surface area contributed by atoms with E-state index < -0.39 is 0 Å². The molecule has 0 N–H and O–H groups in total. The molecule has 10 heavy (non-hydrogen) atoms. The van der Waals surface area contributed by atoms with E-state index in [0.717, 1.165) is 5.75 Å². The van der Waals surface area contributed by atoms with Gasteiger partial charge in [0.1, 0.15) is 6.67 Å². The van der Waals surface area contributed by atoms with Crippen LogP contribution in [-0.4, -0.2) is 24.2 Å². The fraction of sp³-hybridized carbons (Fsp3) is 0.429. The monoisotopic (exact) mass is 154 g/mol. The summed E-state index contributed by atoms with van der Waals surface area (Å²) >= 11 is 1.70. The van der Waals surface area contributed by atoms with Crippen LogP contribution in [0.25, 0.3) is 0 Å². The van der Waals surface area contributed by atoms with Crippen molar-refractivity contribution < 1.29 is 0 Å². The van der Waals surface area contributed by atoms with E-state index in [1.165, 1.54) is 5.57 Å². The lowest BCUT2D eigenvalue weighted by Crippen LogP contribution is -1.79. The molecule has 0 radical (unpaired) electrons. The largest absolute Gasteiger partial charge is 0.270 e. The molecule has 0 saturated carbocycles. The Morgan fingerprint density at radius 2 is 2.40 bits per heavy atom. The molecule has 0 saturated heterocycles. The highest BCUT2D eigenvalue weighted by molar-refractivity contribution is 8.12. The van der Waals surface area contributed by atoms with Gasteiger partial charge in [-0.2, -0.15) is 0 Å². The van der Waals surface area contributed by atoms with Gasteiger partial charge < -0.3 is 0 Å². The first-order valence-electron chi connectivity index (χ1n) is 3.16. The highest BCUT2D eigenvalue weighted by Gasteiger charge is 1.85. The maximum Gasteiger partial charge on any atom is 0.129 e. The molecule has 0 aliphatic carbocycles. The van der Waals surface area contributed by atoms with Crippen LogP contribution in [0.3, 0.4) is 0 Å². The highest BCUT2D eigenvalue weighted by atomic mass is 32.2. The molecule has 1 aliphatic heterocycles. The van der Waals surface area contributed by atoms with Crippen molar-refractivity contribution in [2.75, 3.05) is 12.4 Å². The molecule has 0 aromatic heterocycles. The maximum atomic E-state index is 4.07. The van der Waals surface area contributed by atoms with Crippen molar-refractivity contribution in [2.45, 2.75) is 6.92 Å². The summed E-state index contributed by atoms with van der Waals surface area (Å²) in [5.41, 5.74) is 3.07. The first-order chi connectivity index (χ1) is 4.89. The van der Waals surface area contributed by atoms with Crippen molar-refractivity contribution in [3.8, 4) is 0 Å². The van der Waals surface area contributed by atoms with Gasteiger partial charge in [0.2, 0.25) is 0 Å². The summed E-state index contributed by atoms with van der Waals surface area (Å²) in [6.07, 6.45) is 4.01. The van der Waals surface area contributed by atoms with Crippen molar-refractivity contribution in [3.05, 3.63) is 11.6 Å². The highest BCUT2D eigenvalue weighted by Crippen LogP contribution is 2.00. The molecule has 2 nitrogen and oxygen atoms in total. The SMILES string of the molecule is CC1=C/CS/C=N\C/N=C\1.